The van der Waals surface area contributed by atoms with E-state index in [1.165, 1.54) is 6.92 Å². The fourth-order valence-corrected chi connectivity index (χ4v) is 3.52. The smallest absolute Gasteiger partial charge is 0.344 e. The van der Waals surface area contributed by atoms with Crippen molar-refractivity contribution in [3.63, 3.8) is 0 Å². The van der Waals surface area contributed by atoms with Crippen LogP contribution in [0, 0.1) is 6.92 Å². The van der Waals surface area contributed by atoms with Crippen LogP contribution in [-0.2, 0) is 25.7 Å². The summed E-state index contributed by atoms with van der Waals surface area (Å²) in [5, 5.41) is 1.60. The van der Waals surface area contributed by atoms with E-state index in [1.54, 1.807) is 35.9 Å². The Labute approximate surface area is 214 Å². The van der Waals surface area contributed by atoms with E-state index in [0.717, 1.165) is 27.9 Å². The number of ether oxygens (including phenoxy) is 3. The summed E-state index contributed by atoms with van der Waals surface area (Å²) in [6, 6.07) is 23.9. The lowest BCUT2D eigenvalue weighted by molar-refractivity contribution is -0.158. The predicted octanol–water partition coefficient (Wildman–Crippen LogP) is 5.59. The van der Waals surface area contributed by atoms with Gasteiger partial charge in [0.1, 0.15) is 12.4 Å². The second kappa shape index (κ2) is 12.6. The lowest BCUT2D eigenvalue weighted by Crippen LogP contribution is -2.14. The quantitative estimate of drug-likeness (QED) is 0.316. The van der Waals surface area contributed by atoms with Gasteiger partial charge >= 0.3 is 11.9 Å². The van der Waals surface area contributed by atoms with Crippen molar-refractivity contribution in [3.8, 4) is 5.75 Å². The number of fused-ring (bicyclic) bond motifs is 1. The maximum atomic E-state index is 12.7. The summed E-state index contributed by atoms with van der Waals surface area (Å²) in [7, 11) is 1.63. The molecule has 1 aromatic heterocycles. The minimum absolute atomic E-state index is 0.0654. The molecule has 7 nitrogen and oxygen atoms in total. The van der Waals surface area contributed by atoms with E-state index in [0.29, 0.717) is 10.6 Å². The van der Waals surface area contributed by atoms with Gasteiger partial charge in [-0.05, 0) is 61.0 Å². The zero-order valence-electron chi connectivity index (χ0n) is 20.2. The molecule has 0 N–H and O–H groups in total. The highest BCUT2D eigenvalue weighted by atomic mass is 35.5. The van der Waals surface area contributed by atoms with Gasteiger partial charge in [-0.15, -0.1) is 0 Å². The Morgan fingerprint density at radius 3 is 2.22 bits per heavy atom. The molecule has 0 unspecified atom stereocenters. The van der Waals surface area contributed by atoms with Gasteiger partial charge in [-0.25, -0.2) is 4.79 Å². The number of hydrogen-bond acceptors (Lipinski definition) is 6. The molecule has 4 rings (SSSR count). The van der Waals surface area contributed by atoms with Crippen molar-refractivity contribution in [1.29, 1.82) is 0 Å². The molecule has 36 heavy (non-hydrogen) atoms. The highest BCUT2D eigenvalue weighted by Gasteiger charge is 2.15. The van der Waals surface area contributed by atoms with Crippen molar-refractivity contribution in [2.75, 3.05) is 13.7 Å². The number of rotatable bonds is 6. The first-order valence-corrected chi connectivity index (χ1v) is 11.5. The molecule has 8 heteroatoms. The third kappa shape index (κ3) is 7.20. The van der Waals surface area contributed by atoms with Gasteiger partial charge in [0.05, 0.1) is 12.6 Å². The Morgan fingerprint density at radius 1 is 0.889 bits per heavy atom. The number of methoxy groups -OCH3 is 1. The van der Waals surface area contributed by atoms with Crippen molar-refractivity contribution in [3.05, 3.63) is 101 Å². The molecule has 186 valence electrons. The number of hydrogen-bond donors (Lipinski definition) is 0. The van der Waals surface area contributed by atoms with Crippen LogP contribution in [-0.4, -0.2) is 36.1 Å². The Hall–Kier alpha value is -4.10. The number of aromatic nitrogens is 1. The number of aryl methyl sites for hydroxylation is 1. The molecule has 0 aliphatic carbocycles. The molecular weight excluding hydrogens is 482 g/mol. The highest BCUT2D eigenvalue weighted by Crippen LogP contribution is 2.25. The largest absolute Gasteiger partial charge is 0.497 e. The van der Waals surface area contributed by atoms with Crippen LogP contribution in [0.4, 0.5) is 0 Å². The van der Waals surface area contributed by atoms with E-state index in [1.807, 2.05) is 61.5 Å². The predicted molar refractivity (Wildman–Crippen MR) is 137 cm³/mol. The zero-order valence-corrected chi connectivity index (χ0v) is 21.0. The van der Waals surface area contributed by atoms with Crippen molar-refractivity contribution < 1.29 is 28.6 Å². The van der Waals surface area contributed by atoms with E-state index in [9.17, 15) is 14.4 Å². The van der Waals surface area contributed by atoms with Crippen LogP contribution in [0.1, 0.15) is 28.5 Å². The standard InChI is InChI=1S/C17H14ClNO2.C11H12O4/c1-11-9-13-10-15(21-2)7-8-16(13)19(11)17(20)12-3-5-14(18)6-4-12;1-9(12)14-8-11(13)15-7-10-5-3-2-4-6-10/h3-10H,1-2H3;2-6H,7-8H2,1H3. The highest BCUT2D eigenvalue weighted by molar-refractivity contribution is 6.30. The van der Waals surface area contributed by atoms with Crippen LogP contribution < -0.4 is 4.74 Å². The molecule has 0 atom stereocenters. The number of carbonyl (C=O) groups excluding carboxylic acids is 3. The summed E-state index contributed by atoms with van der Waals surface area (Å²) in [5.74, 6) is -0.330. The van der Waals surface area contributed by atoms with Crippen molar-refractivity contribution in [2.45, 2.75) is 20.5 Å². The molecule has 4 aromatic rings. The van der Waals surface area contributed by atoms with E-state index >= 15 is 0 Å². The molecule has 0 amide bonds. The summed E-state index contributed by atoms with van der Waals surface area (Å²) in [6.07, 6.45) is 0. The van der Waals surface area contributed by atoms with Gasteiger partial charge in [0.25, 0.3) is 5.91 Å². The monoisotopic (exact) mass is 507 g/mol. The normalized spacial score (nSPS) is 10.2. The van der Waals surface area contributed by atoms with Gasteiger partial charge in [0, 0.05) is 28.6 Å². The van der Waals surface area contributed by atoms with Crippen molar-refractivity contribution >= 4 is 40.3 Å². The second-order valence-corrected chi connectivity index (χ2v) is 8.22. The van der Waals surface area contributed by atoms with Crippen LogP contribution in [0.3, 0.4) is 0 Å². The molecule has 0 radical (unpaired) electrons. The minimum atomic E-state index is -0.547. The SMILES string of the molecule is CC(=O)OCC(=O)OCc1ccccc1.COc1ccc2c(c1)cc(C)n2C(=O)c1ccc(Cl)cc1. The fraction of sp³-hybridized carbons (Fsp3) is 0.179. The Morgan fingerprint density at radius 2 is 1.58 bits per heavy atom. The van der Waals surface area contributed by atoms with Gasteiger partial charge in [0.15, 0.2) is 6.61 Å². The Kier molecular flexibility index (Phi) is 9.25. The molecule has 0 saturated carbocycles. The lowest BCUT2D eigenvalue weighted by Gasteiger charge is -2.07. The molecule has 0 saturated heterocycles. The van der Waals surface area contributed by atoms with Gasteiger partial charge < -0.3 is 14.2 Å². The number of carbonyl (C=O) groups is 3. The Balaban J connectivity index is 0.000000214. The van der Waals surface area contributed by atoms with Gasteiger partial charge in [-0.2, -0.15) is 0 Å². The van der Waals surface area contributed by atoms with E-state index in [4.69, 9.17) is 21.1 Å². The van der Waals surface area contributed by atoms with Gasteiger partial charge in [0.2, 0.25) is 0 Å². The Bertz CT molecular complexity index is 1350. The molecule has 0 aliphatic heterocycles. The van der Waals surface area contributed by atoms with E-state index < -0.39 is 11.9 Å². The van der Waals surface area contributed by atoms with Crippen LogP contribution in [0.25, 0.3) is 10.9 Å². The molecule has 0 bridgehead atoms. The minimum Gasteiger partial charge on any atom is -0.497 e. The fourth-order valence-electron chi connectivity index (χ4n) is 3.39. The van der Waals surface area contributed by atoms with Crippen molar-refractivity contribution in [2.24, 2.45) is 0 Å². The maximum Gasteiger partial charge on any atom is 0.344 e. The van der Waals surface area contributed by atoms with Crippen LogP contribution in [0.5, 0.6) is 5.75 Å². The number of halogens is 1. The summed E-state index contributed by atoms with van der Waals surface area (Å²) < 4.78 is 16.3. The maximum absolute atomic E-state index is 12.7. The third-order valence-corrected chi connectivity index (χ3v) is 5.37. The molecule has 0 spiro atoms. The molecular formula is C28H26ClNO6. The number of esters is 2. The summed E-state index contributed by atoms with van der Waals surface area (Å²) in [5.41, 5.74) is 3.26. The summed E-state index contributed by atoms with van der Waals surface area (Å²) >= 11 is 5.87. The lowest BCUT2D eigenvalue weighted by atomic mass is 10.2. The average molecular weight is 508 g/mol. The van der Waals surface area contributed by atoms with Crippen LogP contribution >= 0.6 is 11.6 Å². The first-order chi connectivity index (χ1) is 17.3. The second-order valence-electron chi connectivity index (χ2n) is 7.78. The van der Waals surface area contributed by atoms with E-state index in [-0.39, 0.29) is 19.1 Å². The average Bonchev–Trinajstić information content (AvgIpc) is 3.21. The molecule has 1 heterocycles. The molecule has 0 aliphatic rings. The summed E-state index contributed by atoms with van der Waals surface area (Å²) in [6.45, 7) is 3.02. The first-order valence-electron chi connectivity index (χ1n) is 11.1. The van der Waals surface area contributed by atoms with Gasteiger partial charge in [-0.3, -0.25) is 14.2 Å². The molecule has 0 fully saturated rings. The number of benzene rings is 3. The molecule has 3 aromatic carbocycles. The third-order valence-electron chi connectivity index (χ3n) is 5.12. The summed E-state index contributed by atoms with van der Waals surface area (Å²) in [4.78, 5) is 34.1. The topological polar surface area (TPSA) is 83.8 Å². The van der Waals surface area contributed by atoms with Crippen LogP contribution in [0.15, 0.2) is 78.9 Å². The van der Waals surface area contributed by atoms with Gasteiger partial charge in [-0.1, -0.05) is 41.9 Å². The number of nitrogens with zero attached hydrogens (tertiary/aromatic N) is 1. The van der Waals surface area contributed by atoms with Crippen molar-refractivity contribution in [1.82, 2.24) is 4.57 Å². The van der Waals surface area contributed by atoms with Crippen LogP contribution in [0.2, 0.25) is 5.02 Å². The zero-order chi connectivity index (χ0) is 26.1. The first kappa shape index (κ1) is 26.5. The van der Waals surface area contributed by atoms with E-state index in [2.05, 4.69) is 4.74 Å².